The first-order valence-electron chi connectivity index (χ1n) is 15.0. The number of nitrogens with zero attached hydrogens (tertiary/aromatic N) is 3. The smallest absolute Gasteiger partial charge is 0.326 e. The van der Waals surface area contributed by atoms with Crippen LogP contribution in [0.5, 0.6) is 5.75 Å². The fourth-order valence-corrected chi connectivity index (χ4v) is 6.49. The van der Waals surface area contributed by atoms with Gasteiger partial charge < -0.3 is 24.8 Å². The lowest BCUT2D eigenvalue weighted by Gasteiger charge is -2.35. The Hall–Kier alpha value is -4.03. The third-order valence-corrected chi connectivity index (χ3v) is 9.25. The number of amides is 4. The first-order chi connectivity index (χ1) is 21.9. The summed E-state index contributed by atoms with van der Waals surface area (Å²) in [5, 5.41) is 13.6. The molecule has 0 spiro atoms. The van der Waals surface area contributed by atoms with Crippen molar-refractivity contribution in [1.82, 2.24) is 14.7 Å². The van der Waals surface area contributed by atoms with Crippen molar-refractivity contribution in [2.75, 3.05) is 53.3 Å². The minimum Gasteiger partial charge on any atom is -0.496 e. The van der Waals surface area contributed by atoms with Crippen LogP contribution in [0.25, 0.3) is 22.3 Å². The molecule has 3 atom stereocenters. The highest BCUT2D eigenvalue weighted by Crippen LogP contribution is 2.41. The lowest BCUT2D eigenvalue weighted by Crippen LogP contribution is -2.56. The van der Waals surface area contributed by atoms with Gasteiger partial charge in [0.1, 0.15) is 17.5 Å². The summed E-state index contributed by atoms with van der Waals surface area (Å²) in [5.41, 5.74) is 4.11. The SMILES string of the molecule is COc1cc(-c2cccc(-c3cccc(NC(=O)C4CN(C)C(=O)N(C)C4=O)c3C)c2Cl)cc(F)c1CN(C)[C@@H]1CCOC[C@@H]1O. The number of ether oxygens (including phenoxy) is 2. The van der Waals surface area contributed by atoms with E-state index in [1.165, 1.54) is 25.1 Å². The van der Waals surface area contributed by atoms with E-state index in [0.717, 1.165) is 10.5 Å². The summed E-state index contributed by atoms with van der Waals surface area (Å²) in [7, 11) is 6.23. The number of hydrogen-bond acceptors (Lipinski definition) is 7. The van der Waals surface area contributed by atoms with E-state index in [4.69, 9.17) is 21.1 Å². The predicted octanol–water partition coefficient (Wildman–Crippen LogP) is 4.79. The summed E-state index contributed by atoms with van der Waals surface area (Å²) >= 11 is 7.00. The van der Waals surface area contributed by atoms with Crippen LogP contribution in [0.3, 0.4) is 0 Å². The normalized spacial score (nSPS) is 20.3. The molecule has 2 heterocycles. The van der Waals surface area contributed by atoms with Gasteiger partial charge in [-0.25, -0.2) is 9.18 Å². The second-order valence-electron chi connectivity index (χ2n) is 11.8. The number of hydrogen-bond donors (Lipinski definition) is 2. The zero-order valence-electron chi connectivity index (χ0n) is 26.5. The highest BCUT2D eigenvalue weighted by atomic mass is 35.5. The molecule has 2 fully saturated rings. The Morgan fingerprint density at radius 3 is 2.57 bits per heavy atom. The molecule has 0 saturated carbocycles. The molecule has 0 bridgehead atoms. The van der Waals surface area contributed by atoms with Gasteiger partial charge in [0.15, 0.2) is 0 Å². The fourth-order valence-electron chi connectivity index (χ4n) is 6.15. The highest BCUT2D eigenvalue weighted by Gasteiger charge is 2.39. The number of halogens is 2. The minimum atomic E-state index is -1.04. The Bertz CT molecular complexity index is 1670. The van der Waals surface area contributed by atoms with E-state index in [-0.39, 0.29) is 25.7 Å². The molecule has 0 aliphatic carbocycles. The van der Waals surface area contributed by atoms with Gasteiger partial charge in [-0.05, 0) is 55.3 Å². The third-order valence-electron chi connectivity index (χ3n) is 8.85. The Morgan fingerprint density at radius 1 is 1.15 bits per heavy atom. The van der Waals surface area contributed by atoms with Crippen LogP contribution in [0.4, 0.5) is 14.9 Å². The molecule has 10 nitrogen and oxygen atoms in total. The van der Waals surface area contributed by atoms with Crippen LogP contribution >= 0.6 is 11.6 Å². The molecule has 0 radical (unpaired) electrons. The van der Waals surface area contributed by atoms with Gasteiger partial charge in [0.05, 0.1) is 24.8 Å². The molecule has 2 aliphatic heterocycles. The largest absolute Gasteiger partial charge is 0.496 e. The number of carbonyl (C=O) groups excluding carboxylic acids is 3. The van der Waals surface area contributed by atoms with Crippen LogP contribution in [0, 0.1) is 18.7 Å². The first kappa shape index (κ1) is 33.3. The summed E-state index contributed by atoms with van der Waals surface area (Å²) in [5.74, 6) is -2.22. The summed E-state index contributed by atoms with van der Waals surface area (Å²) < 4.78 is 26.7. The van der Waals surface area contributed by atoms with Crippen LogP contribution in [0.1, 0.15) is 17.5 Å². The standard InChI is InChI=1S/C34H38ClFN4O6/c1-19-21(8-7-11-27(19)37-32(42)25-17-39(3)34(44)40(4)33(25)43)23-10-6-9-22(31(23)35)20-14-26(36)24(30(15-20)45-5)16-38(2)28-12-13-46-18-29(28)41/h6-11,14-15,25,28-29,41H,12-13,16-18H2,1-5H3,(H,37,42)/t25?,28-,29+/m1/s1. The number of methoxy groups -OCH3 is 1. The number of urea groups is 1. The van der Waals surface area contributed by atoms with E-state index in [0.29, 0.717) is 57.3 Å². The molecule has 2 N–H and O–H groups in total. The molecular formula is C34H38ClFN4O6. The zero-order chi connectivity index (χ0) is 33.3. The number of carbonyl (C=O) groups is 3. The van der Waals surface area contributed by atoms with E-state index in [9.17, 15) is 19.5 Å². The van der Waals surface area contributed by atoms with E-state index < -0.39 is 35.7 Å². The molecular weight excluding hydrogens is 615 g/mol. The number of nitrogens with one attached hydrogen (secondary N) is 1. The number of benzene rings is 3. The van der Waals surface area contributed by atoms with Crippen molar-refractivity contribution in [3.8, 4) is 28.0 Å². The average Bonchev–Trinajstić information content (AvgIpc) is 3.04. The average molecular weight is 653 g/mol. The first-order valence-corrected chi connectivity index (χ1v) is 15.4. The van der Waals surface area contributed by atoms with Gasteiger partial charge in [-0.2, -0.15) is 0 Å². The quantitative estimate of drug-likeness (QED) is 0.337. The molecule has 2 saturated heterocycles. The molecule has 0 aromatic heterocycles. The number of aliphatic hydroxyl groups is 1. The van der Waals surface area contributed by atoms with E-state index in [2.05, 4.69) is 5.32 Å². The van der Waals surface area contributed by atoms with Gasteiger partial charge in [-0.3, -0.25) is 19.4 Å². The number of aliphatic hydroxyl groups excluding tert-OH is 1. The Kier molecular flexibility index (Phi) is 9.97. The second kappa shape index (κ2) is 13.8. The molecule has 2 aliphatic rings. The third kappa shape index (κ3) is 6.46. The zero-order valence-corrected chi connectivity index (χ0v) is 27.2. The lowest BCUT2D eigenvalue weighted by molar-refractivity contribution is -0.140. The molecule has 244 valence electrons. The predicted molar refractivity (Wildman–Crippen MR) is 173 cm³/mol. The minimum absolute atomic E-state index is 0.0208. The lowest BCUT2D eigenvalue weighted by atomic mass is 9.94. The maximum absolute atomic E-state index is 15.7. The van der Waals surface area contributed by atoms with Gasteiger partial charge in [-0.15, -0.1) is 0 Å². The molecule has 1 unspecified atom stereocenters. The van der Waals surface area contributed by atoms with Crippen molar-refractivity contribution in [3.05, 3.63) is 70.5 Å². The molecule has 5 rings (SSSR count). The number of rotatable bonds is 8. The van der Waals surface area contributed by atoms with E-state index >= 15 is 4.39 Å². The van der Waals surface area contributed by atoms with Crippen LogP contribution in [-0.2, 0) is 20.9 Å². The van der Waals surface area contributed by atoms with Gasteiger partial charge in [0, 0.05) is 62.2 Å². The Balaban J connectivity index is 1.42. The van der Waals surface area contributed by atoms with Crippen LogP contribution < -0.4 is 10.1 Å². The fraction of sp³-hybridized carbons (Fsp3) is 0.382. The number of anilines is 1. The molecule has 46 heavy (non-hydrogen) atoms. The molecule has 3 aromatic rings. The van der Waals surface area contributed by atoms with Crippen molar-refractivity contribution in [2.24, 2.45) is 5.92 Å². The van der Waals surface area contributed by atoms with E-state index in [1.54, 1.807) is 31.3 Å². The molecule has 4 amide bonds. The van der Waals surface area contributed by atoms with E-state index in [1.807, 2.05) is 37.1 Å². The summed E-state index contributed by atoms with van der Waals surface area (Å²) in [6.07, 6.45) is -0.0198. The maximum Gasteiger partial charge on any atom is 0.326 e. The Morgan fingerprint density at radius 2 is 1.85 bits per heavy atom. The van der Waals surface area contributed by atoms with Gasteiger partial charge in [0.2, 0.25) is 11.8 Å². The summed E-state index contributed by atoms with van der Waals surface area (Å²) in [6, 6.07) is 13.4. The second-order valence-corrected chi connectivity index (χ2v) is 12.2. The van der Waals surface area contributed by atoms with Gasteiger partial charge >= 0.3 is 6.03 Å². The summed E-state index contributed by atoms with van der Waals surface area (Å²) in [4.78, 5) is 42.2. The highest BCUT2D eigenvalue weighted by molar-refractivity contribution is 6.36. The molecule has 12 heteroatoms. The van der Waals surface area contributed by atoms with Crippen molar-refractivity contribution in [1.29, 1.82) is 0 Å². The monoisotopic (exact) mass is 652 g/mol. The van der Waals surface area contributed by atoms with Crippen molar-refractivity contribution < 1.29 is 33.4 Å². The number of likely N-dealkylation sites (N-methyl/N-ethyl adjacent to an activating group) is 1. The van der Waals surface area contributed by atoms with Crippen molar-refractivity contribution >= 4 is 35.1 Å². The van der Waals surface area contributed by atoms with Crippen LogP contribution in [-0.4, -0.2) is 97.8 Å². The number of imide groups is 1. The summed E-state index contributed by atoms with van der Waals surface area (Å²) in [6.45, 7) is 2.83. The van der Waals surface area contributed by atoms with Crippen molar-refractivity contribution in [3.63, 3.8) is 0 Å². The van der Waals surface area contributed by atoms with Crippen LogP contribution in [0.15, 0.2) is 48.5 Å². The Labute approximate surface area is 272 Å². The van der Waals surface area contributed by atoms with Crippen LogP contribution in [0.2, 0.25) is 5.02 Å². The topological polar surface area (TPSA) is 112 Å². The maximum atomic E-state index is 15.7. The van der Waals surface area contributed by atoms with Gasteiger partial charge in [-0.1, -0.05) is 41.9 Å². The van der Waals surface area contributed by atoms with Crippen molar-refractivity contribution in [2.45, 2.75) is 32.0 Å². The van der Waals surface area contributed by atoms with Gasteiger partial charge in [0.25, 0.3) is 0 Å². The molecule has 3 aromatic carbocycles.